The molecule has 0 aliphatic rings. The van der Waals surface area contributed by atoms with Crippen LogP contribution in [0, 0.1) is 5.21 Å². The number of oxazole rings is 1. The molecule has 0 fully saturated rings. The van der Waals surface area contributed by atoms with Crippen LogP contribution in [-0.4, -0.2) is 4.73 Å². The number of hydrogen-bond donors (Lipinski definition) is 0. The van der Waals surface area contributed by atoms with E-state index < -0.39 is 5.76 Å². The van der Waals surface area contributed by atoms with Crippen LogP contribution in [0.4, 0.5) is 0 Å². The number of nitrogens with zero attached hydrogens (tertiary/aromatic N) is 1. The third-order valence-electron chi connectivity index (χ3n) is 1.45. The Morgan fingerprint density at radius 2 is 2.09 bits per heavy atom. The second kappa shape index (κ2) is 1.88. The monoisotopic (exact) mass is 150 g/mol. The fraction of sp³-hybridized carbons (Fsp3) is 0. The summed E-state index contributed by atoms with van der Waals surface area (Å²) in [6.07, 6.45) is 0. The Morgan fingerprint density at radius 3 is 2.82 bits per heavy atom. The molecule has 0 saturated carbocycles. The van der Waals surface area contributed by atoms with E-state index in [0.717, 1.165) is 0 Å². The van der Waals surface area contributed by atoms with Gasteiger partial charge in [-0.15, -0.1) is 0 Å². The van der Waals surface area contributed by atoms with E-state index >= 15 is 0 Å². The van der Waals surface area contributed by atoms with E-state index in [4.69, 9.17) is 0 Å². The predicted molar refractivity (Wildman–Crippen MR) is 39.2 cm³/mol. The molecule has 0 aliphatic heterocycles. The standard InChI is InChI=1S/C7H4NO3/c9-7-8(10)5-3-1-2-4-6(5)11-7/h1-4H/q-1. The van der Waals surface area contributed by atoms with Crippen molar-refractivity contribution >= 4 is 11.1 Å². The minimum absolute atomic E-state index is 0.231. The van der Waals surface area contributed by atoms with Gasteiger partial charge in [0.25, 0.3) is 0 Å². The molecule has 2 aromatic rings. The Balaban J connectivity index is 3.04. The van der Waals surface area contributed by atoms with Gasteiger partial charge < -0.3 is 14.4 Å². The zero-order valence-electron chi connectivity index (χ0n) is 5.48. The average molecular weight is 150 g/mol. The molecule has 1 heterocycles. The zero-order chi connectivity index (χ0) is 7.84. The lowest BCUT2D eigenvalue weighted by atomic mass is 10.3. The molecule has 0 spiro atoms. The van der Waals surface area contributed by atoms with Crippen LogP contribution in [0.15, 0.2) is 33.5 Å². The molecular weight excluding hydrogens is 146 g/mol. The van der Waals surface area contributed by atoms with Gasteiger partial charge in [-0.3, -0.25) is 0 Å². The van der Waals surface area contributed by atoms with Crippen LogP contribution in [0.25, 0.3) is 11.1 Å². The summed E-state index contributed by atoms with van der Waals surface area (Å²) in [5.41, 5.74) is 0.602. The highest BCUT2D eigenvalue weighted by molar-refractivity contribution is 5.72. The number of benzene rings is 1. The number of fused-ring (bicyclic) bond motifs is 1. The number of rotatable bonds is 0. The van der Waals surface area contributed by atoms with Crippen molar-refractivity contribution < 1.29 is 4.42 Å². The first-order chi connectivity index (χ1) is 5.29. The first-order valence-corrected chi connectivity index (χ1v) is 3.07. The highest BCUT2D eigenvalue weighted by Gasteiger charge is 1.99. The predicted octanol–water partition coefficient (Wildman–Crippen LogP) is 0.940. The van der Waals surface area contributed by atoms with Gasteiger partial charge in [-0.25, -0.2) is 4.79 Å². The molecule has 0 unspecified atom stereocenters. The molecule has 0 atom stereocenters. The second-order valence-electron chi connectivity index (χ2n) is 2.13. The van der Waals surface area contributed by atoms with Crippen LogP contribution in [-0.2, 0) is 0 Å². The number of para-hydroxylation sites is 2. The molecule has 0 radical (unpaired) electrons. The molecule has 0 aliphatic carbocycles. The Kier molecular flexibility index (Phi) is 1.03. The third kappa shape index (κ3) is 0.724. The maximum atomic E-state index is 10.8. The van der Waals surface area contributed by atoms with Gasteiger partial charge in [0.2, 0.25) is 0 Å². The van der Waals surface area contributed by atoms with E-state index in [0.29, 0.717) is 5.58 Å². The lowest BCUT2D eigenvalue weighted by molar-refractivity contribution is 0.540. The van der Waals surface area contributed by atoms with Crippen LogP contribution < -0.4 is 5.76 Å². The van der Waals surface area contributed by atoms with E-state index in [1.54, 1.807) is 18.2 Å². The minimum atomic E-state index is -0.869. The van der Waals surface area contributed by atoms with Crippen molar-refractivity contribution in [1.82, 2.24) is 4.73 Å². The van der Waals surface area contributed by atoms with Crippen LogP contribution in [0.1, 0.15) is 0 Å². The topological polar surface area (TPSA) is 58.2 Å². The summed E-state index contributed by atoms with van der Waals surface area (Å²) in [5, 5.41) is 10.8. The fourth-order valence-electron chi connectivity index (χ4n) is 0.945. The van der Waals surface area contributed by atoms with E-state index in [1.165, 1.54) is 6.07 Å². The lowest BCUT2D eigenvalue weighted by Gasteiger charge is -2.00. The van der Waals surface area contributed by atoms with Gasteiger partial charge in [0.05, 0.1) is 5.52 Å². The van der Waals surface area contributed by atoms with E-state index in [-0.39, 0.29) is 10.2 Å². The third-order valence-corrected chi connectivity index (χ3v) is 1.45. The summed E-state index contributed by atoms with van der Waals surface area (Å²) in [7, 11) is 0. The Hall–Kier alpha value is -1.71. The van der Waals surface area contributed by atoms with E-state index in [9.17, 15) is 10.0 Å². The van der Waals surface area contributed by atoms with Gasteiger partial charge in [0.15, 0.2) is 5.58 Å². The summed E-state index contributed by atoms with van der Waals surface area (Å²) in [4.78, 5) is 10.6. The Bertz CT molecular complexity index is 440. The SMILES string of the molecule is O=c1oc2ccccc2n1[O-]. The van der Waals surface area contributed by atoms with Crippen molar-refractivity contribution in [1.29, 1.82) is 0 Å². The van der Waals surface area contributed by atoms with Crippen molar-refractivity contribution in [2.24, 2.45) is 0 Å². The van der Waals surface area contributed by atoms with Crippen LogP contribution in [0.3, 0.4) is 0 Å². The quantitative estimate of drug-likeness (QED) is 0.561. The molecule has 2 rings (SSSR count). The minimum Gasteiger partial charge on any atom is -0.801 e. The molecule has 1 aromatic carbocycles. The normalized spacial score (nSPS) is 10.5. The summed E-state index contributed by atoms with van der Waals surface area (Å²) in [5.74, 6) is -0.869. The Labute approximate surface area is 61.2 Å². The molecular formula is C7H4NO3-. The first kappa shape index (κ1) is 6.03. The van der Waals surface area contributed by atoms with Gasteiger partial charge in [-0.1, -0.05) is 12.1 Å². The maximum Gasteiger partial charge on any atom is 0.415 e. The second-order valence-corrected chi connectivity index (χ2v) is 2.13. The molecule has 0 N–H and O–H groups in total. The highest BCUT2D eigenvalue weighted by atomic mass is 16.5. The van der Waals surface area contributed by atoms with Crippen molar-refractivity contribution in [2.75, 3.05) is 0 Å². The molecule has 1 aromatic heterocycles. The van der Waals surface area contributed by atoms with Gasteiger partial charge in [0, 0.05) is 0 Å². The van der Waals surface area contributed by atoms with Gasteiger partial charge in [-0.05, 0) is 12.1 Å². The number of aromatic nitrogens is 1. The largest absolute Gasteiger partial charge is 0.801 e. The summed E-state index contributed by atoms with van der Waals surface area (Å²) < 4.78 is 4.83. The van der Waals surface area contributed by atoms with Crippen molar-refractivity contribution in [3.8, 4) is 0 Å². The molecule has 4 nitrogen and oxygen atoms in total. The summed E-state index contributed by atoms with van der Waals surface area (Å²) >= 11 is 0. The first-order valence-electron chi connectivity index (χ1n) is 3.07. The smallest absolute Gasteiger partial charge is 0.415 e. The van der Waals surface area contributed by atoms with Crippen molar-refractivity contribution in [3.63, 3.8) is 0 Å². The zero-order valence-corrected chi connectivity index (χ0v) is 5.48. The highest BCUT2D eigenvalue weighted by Crippen LogP contribution is 2.09. The fourth-order valence-corrected chi connectivity index (χ4v) is 0.945. The van der Waals surface area contributed by atoms with Gasteiger partial charge in [0.1, 0.15) is 0 Å². The van der Waals surface area contributed by atoms with Crippen molar-refractivity contribution in [3.05, 3.63) is 40.0 Å². The molecule has 4 heteroatoms. The maximum absolute atomic E-state index is 10.8. The molecule has 11 heavy (non-hydrogen) atoms. The van der Waals surface area contributed by atoms with Gasteiger partial charge in [-0.2, -0.15) is 0 Å². The van der Waals surface area contributed by atoms with Crippen molar-refractivity contribution in [2.45, 2.75) is 0 Å². The molecule has 56 valence electrons. The summed E-state index contributed by atoms with van der Waals surface area (Å²) in [6, 6.07) is 6.48. The Morgan fingerprint density at radius 1 is 1.36 bits per heavy atom. The van der Waals surface area contributed by atoms with Crippen LogP contribution in [0.2, 0.25) is 0 Å². The summed E-state index contributed by atoms with van der Waals surface area (Å²) in [6.45, 7) is 0. The van der Waals surface area contributed by atoms with Crippen LogP contribution >= 0.6 is 0 Å². The van der Waals surface area contributed by atoms with E-state index in [2.05, 4.69) is 4.42 Å². The lowest BCUT2D eigenvalue weighted by Crippen LogP contribution is -2.06. The molecule has 0 bridgehead atoms. The van der Waals surface area contributed by atoms with Crippen LogP contribution in [0.5, 0.6) is 0 Å². The molecule has 0 amide bonds. The van der Waals surface area contributed by atoms with Gasteiger partial charge >= 0.3 is 5.76 Å². The average Bonchev–Trinajstić information content (AvgIpc) is 2.30. The molecule has 0 saturated heterocycles. The number of hydrogen-bond acceptors (Lipinski definition) is 3. The van der Waals surface area contributed by atoms with E-state index in [1.807, 2.05) is 0 Å².